The van der Waals surface area contributed by atoms with Gasteiger partial charge in [-0.2, -0.15) is 0 Å². The van der Waals surface area contributed by atoms with Crippen molar-refractivity contribution >= 4 is 5.78 Å². The van der Waals surface area contributed by atoms with E-state index in [1.165, 1.54) is 0 Å². The molecule has 5 heteroatoms. The first kappa shape index (κ1) is 23.3. The van der Waals surface area contributed by atoms with Crippen LogP contribution in [0.1, 0.15) is 23.1 Å². The fourth-order valence-electron chi connectivity index (χ4n) is 4.08. The zero-order valence-corrected chi connectivity index (χ0v) is 18.8. The van der Waals surface area contributed by atoms with Crippen LogP contribution in [-0.2, 0) is 43.6 Å². The van der Waals surface area contributed by atoms with Gasteiger partial charge < -0.3 is 18.9 Å². The molecule has 0 bridgehead atoms. The van der Waals surface area contributed by atoms with Crippen molar-refractivity contribution in [2.45, 2.75) is 50.7 Å². The average molecular weight is 447 g/mol. The van der Waals surface area contributed by atoms with Crippen molar-refractivity contribution < 1.29 is 23.7 Å². The Hall–Kier alpha value is -2.83. The van der Waals surface area contributed by atoms with E-state index in [4.69, 9.17) is 18.9 Å². The van der Waals surface area contributed by atoms with Gasteiger partial charge in [0.05, 0.1) is 25.9 Å². The molecule has 172 valence electrons. The van der Waals surface area contributed by atoms with E-state index in [1.807, 2.05) is 91.0 Å². The lowest BCUT2D eigenvalue weighted by atomic mass is 9.87. The standard InChI is InChI=1S/C28H30O5/c1-30-25-17-24(29)26(31-18-21-11-5-2-6-12-21)28(33-20-23-15-9-4-10-16-23)27(25)32-19-22-13-7-3-8-14-22/h2-16,25-28H,17-20H2,1H3/t25-,26+,27+,28-/m0/s1. The minimum absolute atomic E-state index is 0.0320. The molecule has 0 unspecified atom stereocenters. The Labute approximate surface area is 195 Å². The second-order valence-corrected chi connectivity index (χ2v) is 8.18. The summed E-state index contributed by atoms with van der Waals surface area (Å²) in [7, 11) is 1.61. The van der Waals surface area contributed by atoms with Gasteiger partial charge in [0, 0.05) is 13.5 Å². The Morgan fingerprint density at radius 2 is 1.06 bits per heavy atom. The van der Waals surface area contributed by atoms with E-state index in [0.29, 0.717) is 19.8 Å². The molecule has 0 spiro atoms. The summed E-state index contributed by atoms with van der Waals surface area (Å²) in [5.74, 6) is -0.0320. The Balaban J connectivity index is 1.54. The third-order valence-corrected chi connectivity index (χ3v) is 5.85. The first-order valence-electron chi connectivity index (χ1n) is 11.3. The lowest BCUT2D eigenvalue weighted by Gasteiger charge is -2.40. The fraction of sp³-hybridized carbons (Fsp3) is 0.321. The number of Topliss-reactive ketones (excluding diaryl/α,β-unsaturated/α-hetero) is 1. The molecule has 0 radical (unpaired) electrons. The number of rotatable bonds is 10. The van der Waals surface area contributed by atoms with Crippen molar-refractivity contribution in [1.82, 2.24) is 0 Å². The lowest BCUT2D eigenvalue weighted by Crippen LogP contribution is -2.57. The maximum Gasteiger partial charge on any atom is 0.167 e. The Kier molecular flexibility index (Phi) is 8.39. The van der Waals surface area contributed by atoms with E-state index in [9.17, 15) is 4.79 Å². The SMILES string of the molecule is CO[C@H]1CC(=O)[C@@H](OCc2ccccc2)[C@H](OCc2ccccc2)[C@@H]1OCc1ccccc1. The molecule has 3 aromatic carbocycles. The third kappa shape index (κ3) is 6.36. The second kappa shape index (κ2) is 11.9. The molecule has 0 saturated heterocycles. The highest BCUT2D eigenvalue weighted by Crippen LogP contribution is 2.29. The van der Waals surface area contributed by atoms with Crippen molar-refractivity contribution in [2.75, 3.05) is 7.11 Å². The van der Waals surface area contributed by atoms with Crippen LogP contribution in [-0.4, -0.2) is 37.3 Å². The molecule has 0 aromatic heterocycles. The minimum Gasteiger partial charge on any atom is -0.378 e. The number of hydrogen-bond acceptors (Lipinski definition) is 5. The molecule has 0 N–H and O–H groups in total. The molecule has 1 fully saturated rings. The molecule has 1 aliphatic rings. The molecule has 33 heavy (non-hydrogen) atoms. The Morgan fingerprint density at radius 1 is 0.636 bits per heavy atom. The van der Waals surface area contributed by atoms with Crippen LogP contribution >= 0.6 is 0 Å². The second-order valence-electron chi connectivity index (χ2n) is 8.18. The van der Waals surface area contributed by atoms with E-state index < -0.39 is 24.4 Å². The van der Waals surface area contributed by atoms with Crippen LogP contribution in [0.5, 0.6) is 0 Å². The highest BCUT2D eigenvalue weighted by molar-refractivity contribution is 5.85. The average Bonchev–Trinajstić information content (AvgIpc) is 2.87. The minimum atomic E-state index is -0.735. The zero-order valence-electron chi connectivity index (χ0n) is 18.8. The largest absolute Gasteiger partial charge is 0.378 e. The summed E-state index contributed by atoms with van der Waals surface area (Å²) in [4.78, 5) is 13.1. The highest BCUT2D eigenvalue weighted by Gasteiger charge is 2.47. The van der Waals surface area contributed by atoms with Gasteiger partial charge in [-0.15, -0.1) is 0 Å². The van der Waals surface area contributed by atoms with Crippen LogP contribution in [0.15, 0.2) is 91.0 Å². The summed E-state index contributed by atoms with van der Waals surface area (Å²) in [5.41, 5.74) is 3.07. The van der Waals surface area contributed by atoms with Crippen molar-refractivity contribution in [3.63, 3.8) is 0 Å². The van der Waals surface area contributed by atoms with Gasteiger partial charge in [0.15, 0.2) is 5.78 Å². The monoisotopic (exact) mass is 446 g/mol. The van der Waals surface area contributed by atoms with Crippen LogP contribution in [0.3, 0.4) is 0 Å². The third-order valence-electron chi connectivity index (χ3n) is 5.85. The van der Waals surface area contributed by atoms with Crippen LogP contribution in [0.4, 0.5) is 0 Å². The predicted octanol–water partition coefficient (Wildman–Crippen LogP) is 4.73. The summed E-state index contributed by atoms with van der Waals surface area (Å²) in [6.45, 7) is 1.08. The number of carbonyl (C=O) groups excluding carboxylic acids is 1. The number of benzene rings is 3. The van der Waals surface area contributed by atoms with Crippen molar-refractivity contribution in [3.05, 3.63) is 108 Å². The molecule has 1 saturated carbocycles. The number of carbonyl (C=O) groups is 1. The molecular formula is C28H30O5. The van der Waals surface area contributed by atoms with Crippen LogP contribution in [0.25, 0.3) is 0 Å². The topological polar surface area (TPSA) is 54.0 Å². The first-order chi connectivity index (χ1) is 16.2. The van der Waals surface area contributed by atoms with Gasteiger partial charge in [-0.05, 0) is 16.7 Å². The molecule has 3 aromatic rings. The molecule has 1 aliphatic carbocycles. The fourth-order valence-corrected chi connectivity index (χ4v) is 4.08. The van der Waals surface area contributed by atoms with Crippen molar-refractivity contribution in [1.29, 1.82) is 0 Å². The maximum atomic E-state index is 13.1. The number of methoxy groups -OCH3 is 1. The molecule has 0 heterocycles. The van der Waals surface area contributed by atoms with Crippen LogP contribution in [0, 0.1) is 0 Å². The lowest BCUT2D eigenvalue weighted by molar-refractivity contribution is -0.205. The van der Waals surface area contributed by atoms with Gasteiger partial charge in [-0.25, -0.2) is 0 Å². The Morgan fingerprint density at radius 3 is 1.52 bits per heavy atom. The molecule has 0 amide bonds. The normalized spacial score (nSPS) is 22.9. The highest BCUT2D eigenvalue weighted by atomic mass is 16.6. The molecule has 4 atom stereocenters. The quantitative estimate of drug-likeness (QED) is 0.451. The van der Waals surface area contributed by atoms with E-state index in [-0.39, 0.29) is 12.2 Å². The summed E-state index contributed by atoms with van der Waals surface area (Å²) < 4.78 is 24.5. The summed E-state index contributed by atoms with van der Waals surface area (Å²) in [5, 5.41) is 0. The molecular weight excluding hydrogens is 416 g/mol. The summed E-state index contributed by atoms with van der Waals surface area (Å²) >= 11 is 0. The molecule has 0 aliphatic heterocycles. The number of hydrogen-bond donors (Lipinski definition) is 0. The summed E-state index contributed by atoms with van der Waals surface area (Å²) in [6.07, 6.45) is -1.96. The van der Waals surface area contributed by atoms with E-state index in [2.05, 4.69) is 0 Å². The first-order valence-corrected chi connectivity index (χ1v) is 11.3. The summed E-state index contributed by atoms with van der Waals surface area (Å²) in [6, 6.07) is 29.7. The van der Waals surface area contributed by atoms with Gasteiger partial charge >= 0.3 is 0 Å². The number of ether oxygens (including phenoxy) is 4. The predicted molar refractivity (Wildman–Crippen MR) is 125 cm³/mol. The maximum absolute atomic E-state index is 13.1. The van der Waals surface area contributed by atoms with Crippen LogP contribution < -0.4 is 0 Å². The van der Waals surface area contributed by atoms with Gasteiger partial charge in [0.1, 0.15) is 18.3 Å². The van der Waals surface area contributed by atoms with Gasteiger partial charge in [0.2, 0.25) is 0 Å². The van der Waals surface area contributed by atoms with Crippen molar-refractivity contribution in [2.24, 2.45) is 0 Å². The molecule has 4 rings (SSSR count). The van der Waals surface area contributed by atoms with E-state index >= 15 is 0 Å². The van der Waals surface area contributed by atoms with Gasteiger partial charge in [-0.3, -0.25) is 4.79 Å². The Bertz CT molecular complexity index is 977. The van der Waals surface area contributed by atoms with Gasteiger partial charge in [0.25, 0.3) is 0 Å². The number of ketones is 1. The zero-order chi connectivity index (χ0) is 22.9. The van der Waals surface area contributed by atoms with E-state index in [0.717, 1.165) is 16.7 Å². The van der Waals surface area contributed by atoms with Crippen LogP contribution in [0.2, 0.25) is 0 Å². The van der Waals surface area contributed by atoms with Gasteiger partial charge in [-0.1, -0.05) is 91.0 Å². The smallest absolute Gasteiger partial charge is 0.167 e. The molecule has 5 nitrogen and oxygen atoms in total. The van der Waals surface area contributed by atoms with Crippen molar-refractivity contribution in [3.8, 4) is 0 Å². The van der Waals surface area contributed by atoms with E-state index in [1.54, 1.807) is 7.11 Å².